The summed E-state index contributed by atoms with van der Waals surface area (Å²) in [6.45, 7) is 10.7. The van der Waals surface area contributed by atoms with Crippen molar-refractivity contribution in [1.29, 1.82) is 0 Å². The summed E-state index contributed by atoms with van der Waals surface area (Å²) >= 11 is 0. The van der Waals surface area contributed by atoms with E-state index >= 15 is 0 Å². The van der Waals surface area contributed by atoms with Crippen molar-refractivity contribution in [3.05, 3.63) is 34.5 Å². The number of carbonyl (C=O) groups excluding carboxylic acids is 1. The summed E-state index contributed by atoms with van der Waals surface area (Å²) in [5.41, 5.74) is 5.90. The van der Waals surface area contributed by atoms with Gasteiger partial charge in [-0.05, 0) is 57.2 Å². The van der Waals surface area contributed by atoms with Crippen LogP contribution in [0.1, 0.15) is 42.1 Å². The molecule has 1 fully saturated rings. The second kappa shape index (κ2) is 6.98. The zero-order valence-corrected chi connectivity index (χ0v) is 15.2. The van der Waals surface area contributed by atoms with Crippen molar-refractivity contribution >= 4 is 16.8 Å². The summed E-state index contributed by atoms with van der Waals surface area (Å²) in [5.74, 6) is 0.231. The van der Waals surface area contributed by atoms with Crippen LogP contribution in [0.15, 0.2) is 12.1 Å². The molecule has 1 aromatic heterocycles. The van der Waals surface area contributed by atoms with E-state index in [9.17, 15) is 4.79 Å². The van der Waals surface area contributed by atoms with Crippen LogP contribution in [0.5, 0.6) is 0 Å². The number of aromatic amines is 1. The van der Waals surface area contributed by atoms with Gasteiger partial charge in [-0.15, -0.1) is 0 Å². The highest BCUT2D eigenvalue weighted by Crippen LogP contribution is 2.29. The monoisotopic (exact) mass is 328 g/mol. The lowest BCUT2D eigenvalue weighted by molar-refractivity contribution is -0.134. The average Bonchev–Trinajstić information content (AvgIpc) is 2.91. The second-order valence-corrected chi connectivity index (χ2v) is 6.88. The summed E-state index contributed by atoms with van der Waals surface area (Å²) in [7, 11) is 0. The molecule has 1 N–H and O–H groups in total. The molecule has 1 amide bonds. The molecule has 130 valence electrons. The first-order valence-corrected chi connectivity index (χ1v) is 8.97. The van der Waals surface area contributed by atoms with Crippen LogP contribution < -0.4 is 0 Å². The Morgan fingerprint density at radius 3 is 2.54 bits per heavy atom. The summed E-state index contributed by atoms with van der Waals surface area (Å²) in [6, 6.07) is 4.61. The molecule has 0 atom stereocenters. The molecule has 1 saturated heterocycles. The Morgan fingerprint density at radius 2 is 1.88 bits per heavy atom. The summed E-state index contributed by atoms with van der Waals surface area (Å²) in [5, 5.41) is 1.23. The first-order chi connectivity index (χ1) is 11.5. The number of carbonyl (C=O) groups is 1. The molecule has 0 spiro atoms. The van der Waals surface area contributed by atoms with Crippen molar-refractivity contribution in [2.45, 2.75) is 53.0 Å². The van der Waals surface area contributed by atoms with E-state index in [1.54, 1.807) is 0 Å². The largest absolute Gasteiger partial charge is 0.381 e. The maximum Gasteiger partial charge on any atom is 0.227 e. The van der Waals surface area contributed by atoms with Gasteiger partial charge in [0.05, 0.1) is 6.42 Å². The van der Waals surface area contributed by atoms with Gasteiger partial charge in [-0.3, -0.25) is 4.79 Å². The Hall–Kier alpha value is -1.81. The maximum atomic E-state index is 13.0. The fraction of sp³-hybridized carbons (Fsp3) is 0.550. The third-order valence-corrected chi connectivity index (χ3v) is 5.31. The molecule has 2 aromatic rings. The summed E-state index contributed by atoms with van der Waals surface area (Å²) in [4.78, 5) is 18.5. The van der Waals surface area contributed by atoms with Gasteiger partial charge in [0.2, 0.25) is 5.91 Å². The number of nitrogens with zero attached hydrogens (tertiary/aromatic N) is 1. The first-order valence-electron chi connectivity index (χ1n) is 8.97. The fourth-order valence-electron chi connectivity index (χ4n) is 3.92. The SMILES string of the molecule is CCN(C(=O)Cc1c(C)[nH]c2c(C)ccc(C)c12)C1CCOCC1. The molecule has 0 aliphatic carbocycles. The zero-order valence-electron chi connectivity index (χ0n) is 15.2. The highest BCUT2D eigenvalue weighted by Gasteiger charge is 2.26. The zero-order chi connectivity index (χ0) is 17.3. The molecule has 1 aromatic carbocycles. The molecular weight excluding hydrogens is 300 g/mol. The van der Waals surface area contributed by atoms with Gasteiger partial charge in [-0.1, -0.05) is 12.1 Å². The number of likely N-dealkylation sites (N-methyl/N-ethyl adjacent to an activating group) is 1. The van der Waals surface area contributed by atoms with Gasteiger partial charge in [0.25, 0.3) is 0 Å². The third-order valence-electron chi connectivity index (χ3n) is 5.31. The van der Waals surface area contributed by atoms with Gasteiger partial charge in [0.1, 0.15) is 0 Å². The number of fused-ring (bicyclic) bond motifs is 1. The maximum absolute atomic E-state index is 13.0. The summed E-state index contributed by atoms with van der Waals surface area (Å²) < 4.78 is 5.44. The van der Waals surface area contributed by atoms with Crippen LogP contribution in [0.2, 0.25) is 0 Å². The van der Waals surface area contributed by atoms with E-state index in [0.717, 1.165) is 43.9 Å². The average molecular weight is 328 g/mol. The van der Waals surface area contributed by atoms with E-state index in [4.69, 9.17) is 4.74 Å². The van der Waals surface area contributed by atoms with Crippen molar-refractivity contribution in [3.8, 4) is 0 Å². The summed E-state index contributed by atoms with van der Waals surface area (Å²) in [6.07, 6.45) is 2.37. The molecule has 1 aliphatic heterocycles. The predicted molar refractivity (Wildman–Crippen MR) is 97.4 cm³/mol. The van der Waals surface area contributed by atoms with Crippen LogP contribution in [-0.4, -0.2) is 41.6 Å². The van der Waals surface area contributed by atoms with E-state index in [2.05, 4.69) is 44.8 Å². The smallest absolute Gasteiger partial charge is 0.227 e. The number of H-pyrrole nitrogens is 1. The van der Waals surface area contributed by atoms with E-state index in [1.165, 1.54) is 22.0 Å². The number of aryl methyl sites for hydroxylation is 3. The van der Waals surface area contributed by atoms with Gasteiger partial charge in [0, 0.05) is 42.4 Å². The van der Waals surface area contributed by atoms with Gasteiger partial charge < -0.3 is 14.6 Å². The highest BCUT2D eigenvalue weighted by atomic mass is 16.5. The molecular formula is C20H28N2O2. The Morgan fingerprint density at radius 1 is 1.21 bits per heavy atom. The van der Waals surface area contributed by atoms with Crippen LogP contribution >= 0.6 is 0 Å². The first kappa shape index (κ1) is 17.0. The Kier molecular flexibility index (Phi) is 4.95. The number of aromatic nitrogens is 1. The van der Waals surface area contributed by atoms with Gasteiger partial charge in [-0.2, -0.15) is 0 Å². The molecule has 24 heavy (non-hydrogen) atoms. The van der Waals surface area contributed by atoms with Crippen LogP contribution in [0, 0.1) is 20.8 Å². The lowest BCUT2D eigenvalue weighted by atomic mass is 9.99. The number of amides is 1. The van der Waals surface area contributed by atoms with Gasteiger partial charge in [0.15, 0.2) is 0 Å². The lowest BCUT2D eigenvalue weighted by Gasteiger charge is -2.33. The van der Waals surface area contributed by atoms with Crippen LogP contribution in [0.4, 0.5) is 0 Å². The van der Waals surface area contributed by atoms with E-state index in [1.807, 2.05) is 4.90 Å². The Bertz CT molecular complexity index is 742. The van der Waals surface area contributed by atoms with Crippen molar-refractivity contribution < 1.29 is 9.53 Å². The standard InChI is InChI=1S/C20H28N2O2/c1-5-22(16-8-10-24-11-9-16)18(23)12-17-15(4)21-20-14(3)7-6-13(2)19(17)20/h6-7,16,21H,5,8-12H2,1-4H3. The highest BCUT2D eigenvalue weighted by molar-refractivity contribution is 5.94. The van der Waals surface area contributed by atoms with E-state index < -0.39 is 0 Å². The number of nitrogens with one attached hydrogen (secondary N) is 1. The number of ether oxygens (including phenoxy) is 1. The topological polar surface area (TPSA) is 45.3 Å². The number of hydrogen-bond donors (Lipinski definition) is 1. The predicted octanol–water partition coefficient (Wildman–Crippen LogP) is 3.66. The minimum absolute atomic E-state index is 0.231. The quantitative estimate of drug-likeness (QED) is 0.931. The van der Waals surface area contributed by atoms with Crippen LogP contribution in [-0.2, 0) is 16.0 Å². The van der Waals surface area contributed by atoms with Crippen molar-refractivity contribution in [1.82, 2.24) is 9.88 Å². The van der Waals surface area contributed by atoms with Crippen LogP contribution in [0.3, 0.4) is 0 Å². The minimum atomic E-state index is 0.231. The molecule has 2 heterocycles. The number of benzene rings is 1. The van der Waals surface area contributed by atoms with E-state index in [0.29, 0.717) is 12.5 Å². The van der Waals surface area contributed by atoms with Gasteiger partial charge in [-0.25, -0.2) is 0 Å². The molecule has 0 radical (unpaired) electrons. The molecule has 4 heteroatoms. The fourth-order valence-corrected chi connectivity index (χ4v) is 3.92. The molecule has 0 unspecified atom stereocenters. The lowest BCUT2D eigenvalue weighted by Crippen LogP contribution is -2.44. The number of hydrogen-bond acceptors (Lipinski definition) is 2. The normalized spacial score (nSPS) is 15.8. The molecule has 4 nitrogen and oxygen atoms in total. The second-order valence-electron chi connectivity index (χ2n) is 6.88. The van der Waals surface area contributed by atoms with Crippen LogP contribution in [0.25, 0.3) is 10.9 Å². The Balaban J connectivity index is 1.89. The van der Waals surface area contributed by atoms with Crippen molar-refractivity contribution in [2.24, 2.45) is 0 Å². The molecule has 3 rings (SSSR count). The Labute approximate surface area is 144 Å². The number of rotatable bonds is 4. The molecule has 0 saturated carbocycles. The van der Waals surface area contributed by atoms with E-state index in [-0.39, 0.29) is 5.91 Å². The third kappa shape index (κ3) is 3.07. The van der Waals surface area contributed by atoms with Gasteiger partial charge >= 0.3 is 0 Å². The van der Waals surface area contributed by atoms with Crippen molar-refractivity contribution in [2.75, 3.05) is 19.8 Å². The molecule has 1 aliphatic rings. The minimum Gasteiger partial charge on any atom is -0.381 e. The molecule has 0 bridgehead atoms. The van der Waals surface area contributed by atoms with Crippen molar-refractivity contribution in [3.63, 3.8) is 0 Å².